The second-order valence-corrected chi connectivity index (χ2v) is 10.4. The van der Waals surface area contributed by atoms with Crippen LogP contribution in [0.4, 0.5) is 0 Å². The van der Waals surface area contributed by atoms with E-state index in [1.807, 2.05) is 91.0 Å². The average molecular weight is 527 g/mol. The summed E-state index contributed by atoms with van der Waals surface area (Å²) in [5.74, 6) is -0.362. The minimum atomic E-state index is -0.666. The van der Waals surface area contributed by atoms with Crippen molar-refractivity contribution in [1.29, 1.82) is 0 Å². The van der Waals surface area contributed by atoms with E-state index in [4.69, 9.17) is 0 Å². The molecule has 0 spiro atoms. The SMILES string of the molecule is CC(=O)NC1(c2ccccc2)CCN(CC(=O)N[C@@H](Cc2ccccc2)C(=O)N(C)Cc2ccccc2)CC1. The van der Waals surface area contributed by atoms with Gasteiger partial charge < -0.3 is 15.5 Å². The van der Waals surface area contributed by atoms with Crippen LogP contribution in [0.5, 0.6) is 0 Å². The predicted octanol–water partition coefficient (Wildman–Crippen LogP) is 3.50. The van der Waals surface area contributed by atoms with Crippen molar-refractivity contribution in [3.8, 4) is 0 Å². The van der Waals surface area contributed by atoms with Gasteiger partial charge in [-0.2, -0.15) is 0 Å². The lowest BCUT2D eigenvalue weighted by Gasteiger charge is -2.42. The van der Waals surface area contributed by atoms with E-state index in [-0.39, 0.29) is 24.3 Å². The lowest BCUT2D eigenvalue weighted by Crippen LogP contribution is -2.55. The number of nitrogens with zero attached hydrogens (tertiary/aromatic N) is 2. The third-order valence-corrected chi connectivity index (χ3v) is 7.37. The summed E-state index contributed by atoms with van der Waals surface area (Å²) in [6.45, 7) is 3.54. The van der Waals surface area contributed by atoms with Crippen molar-refractivity contribution in [3.05, 3.63) is 108 Å². The zero-order chi connectivity index (χ0) is 27.7. The molecule has 4 rings (SSSR count). The smallest absolute Gasteiger partial charge is 0.245 e. The zero-order valence-corrected chi connectivity index (χ0v) is 22.8. The molecule has 0 aromatic heterocycles. The summed E-state index contributed by atoms with van der Waals surface area (Å²) in [5.41, 5.74) is 2.67. The molecule has 204 valence electrons. The molecule has 3 aromatic carbocycles. The largest absolute Gasteiger partial charge is 0.347 e. The fourth-order valence-electron chi connectivity index (χ4n) is 5.37. The standard InChI is InChI=1S/C32H38N4O3/c1-25(37)34-32(28-16-10-5-11-17-28)18-20-36(21-19-32)24-30(38)33-29(22-26-12-6-3-7-13-26)31(39)35(2)23-27-14-8-4-9-15-27/h3-17,29H,18-24H2,1-2H3,(H,33,38)(H,34,37)/t29-/m0/s1. The first-order valence-electron chi connectivity index (χ1n) is 13.5. The van der Waals surface area contributed by atoms with Crippen molar-refractivity contribution in [3.63, 3.8) is 0 Å². The Morgan fingerprint density at radius 1 is 0.846 bits per heavy atom. The molecule has 1 atom stereocenters. The first kappa shape index (κ1) is 28.0. The Hall–Kier alpha value is -3.97. The van der Waals surface area contributed by atoms with Crippen LogP contribution in [-0.2, 0) is 32.9 Å². The number of benzene rings is 3. The van der Waals surface area contributed by atoms with Gasteiger partial charge in [-0.3, -0.25) is 19.3 Å². The number of hydrogen-bond donors (Lipinski definition) is 2. The summed E-state index contributed by atoms with van der Waals surface area (Å²) >= 11 is 0. The van der Waals surface area contributed by atoms with Crippen LogP contribution in [0.25, 0.3) is 0 Å². The lowest BCUT2D eigenvalue weighted by atomic mass is 9.80. The minimum absolute atomic E-state index is 0.0630. The van der Waals surface area contributed by atoms with Gasteiger partial charge in [-0.15, -0.1) is 0 Å². The molecule has 0 unspecified atom stereocenters. The maximum absolute atomic E-state index is 13.5. The summed E-state index contributed by atoms with van der Waals surface area (Å²) in [6.07, 6.45) is 1.83. The number of carbonyl (C=O) groups excluding carboxylic acids is 3. The van der Waals surface area contributed by atoms with Crippen LogP contribution < -0.4 is 10.6 Å². The van der Waals surface area contributed by atoms with Crippen LogP contribution in [0, 0.1) is 0 Å². The molecule has 0 saturated carbocycles. The number of piperidine rings is 1. The molecule has 1 saturated heterocycles. The first-order valence-corrected chi connectivity index (χ1v) is 13.5. The highest BCUT2D eigenvalue weighted by Gasteiger charge is 2.37. The van der Waals surface area contributed by atoms with Crippen molar-refractivity contribution in [2.45, 2.75) is 44.3 Å². The number of carbonyl (C=O) groups is 3. The lowest BCUT2D eigenvalue weighted by molar-refractivity contribution is -0.136. The molecule has 2 N–H and O–H groups in total. The van der Waals surface area contributed by atoms with Crippen LogP contribution in [0.15, 0.2) is 91.0 Å². The number of nitrogens with one attached hydrogen (secondary N) is 2. The number of likely N-dealkylation sites (tertiary alicyclic amines) is 1. The Balaban J connectivity index is 1.40. The Bertz CT molecular complexity index is 1230. The molecule has 7 heteroatoms. The molecule has 0 bridgehead atoms. The van der Waals surface area contributed by atoms with Gasteiger partial charge >= 0.3 is 0 Å². The second-order valence-electron chi connectivity index (χ2n) is 10.4. The van der Waals surface area contributed by atoms with Crippen LogP contribution >= 0.6 is 0 Å². The van der Waals surface area contributed by atoms with Crippen molar-refractivity contribution in [2.24, 2.45) is 0 Å². The molecule has 7 nitrogen and oxygen atoms in total. The molecule has 3 aromatic rings. The van der Waals surface area contributed by atoms with Gasteiger partial charge in [-0.05, 0) is 29.5 Å². The topological polar surface area (TPSA) is 81.8 Å². The van der Waals surface area contributed by atoms with Crippen LogP contribution in [0.1, 0.15) is 36.5 Å². The zero-order valence-electron chi connectivity index (χ0n) is 22.8. The van der Waals surface area contributed by atoms with Gasteiger partial charge in [0.15, 0.2) is 0 Å². The van der Waals surface area contributed by atoms with Crippen molar-refractivity contribution in [1.82, 2.24) is 20.4 Å². The predicted molar refractivity (Wildman–Crippen MR) is 153 cm³/mol. The quantitative estimate of drug-likeness (QED) is 0.424. The van der Waals surface area contributed by atoms with Gasteiger partial charge in [-0.25, -0.2) is 0 Å². The van der Waals surface area contributed by atoms with Gasteiger partial charge in [0.2, 0.25) is 17.7 Å². The monoisotopic (exact) mass is 526 g/mol. The van der Waals surface area contributed by atoms with E-state index in [0.717, 1.165) is 16.7 Å². The van der Waals surface area contributed by atoms with Gasteiger partial charge in [0.25, 0.3) is 0 Å². The van der Waals surface area contributed by atoms with E-state index in [2.05, 4.69) is 15.5 Å². The summed E-state index contributed by atoms with van der Waals surface area (Å²) in [4.78, 5) is 42.5. The van der Waals surface area contributed by atoms with Crippen molar-refractivity contribution < 1.29 is 14.4 Å². The fourth-order valence-corrected chi connectivity index (χ4v) is 5.37. The van der Waals surface area contributed by atoms with E-state index in [1.54, 1.807) is 18.9 Å². The molecule has 39 heavy (non-hydrogen) atoms. The summed E-state index contributed by atoms with van der Waals surface area (Å²) in [6, 6.07) is 28.9. The first-order chi connectivity index (χ1) is 18.8. The van der Waals surface area contributed by atoms with E-state index < -0.39 is 11.6 Å². The molecule has 3 amide bonds. The third kappa shape index (κ3) is 7.77. The summed E-state index contributed by atoms with van der Waals surface area (Å²) < 4.78 is 0. The van der Waals surface area contributed by atoms with Crippen LogP contribution in [0.2, 0.25) is 0 Å². The van der Waals surface area contributed by atoms with E-state index in [1.165, 1.54) is 0 Å². The Morgan fingerprint density at radius 2 is 1.38 bits per heavy atom. The third-order valence-electron chi connectivity index (χ3n) is 7.37. The van der Waals surface area contributed by atoms with Crippen LogP contribution in [-0.4, -0.2) is 60.2 Å². The molecule has 1 aliphatic heterocycles. The number of amides is 3. The van der Waals surface area contributed by atoms with Crippen molar-refractivity contribution in [2.75, 3.05) is 26.7 Å². The highest BCUT2D eigenvalue weighted by atomic mass is 16.2. The Morgan fingerprint density at radius 3 is 1.95 bits per heavy atom. The Kier molecular flexibility index (Phi) is 9.49. The van der Waals surface area contributed by atoms with E-state index >= 15 is 0 Å². The second kappa shape index (κ2) is 13.2. The maximum Gasteiger partial charge on any atom is 0.245 e. The number of hydrogen-bond acceptors (Lipinski definition) is 4. The minimum Gasteiger partial charge on any atom is -0.347 e. The van der Waals surface area contributed by atoms with Gasteiger partial charge in [0, 0.05) is 40.0 Å². The molecule has 1 aliphatic rings. The molecule has 1 heterocycles. The van der Waals surface area contributed by atoms with E-state index in [9.17, 15) is 14.4 Å². The maximum atomic E-state index is 13.5. The van der Waals surface area contributed by atoms with Gasteiger partial charge in [0.1, 0.15) is 6.04 Å². The highest BCUT2D eigenvalue weighted by molar-refractivity contribution is 5.88. The van der Waals surface area contributed by atoms with Crippen molar-refractivity contribution >= 4 is 17.7 Å². The van der Waals surface area contributed by atoms with Gasteiger partial charge in [-0.1, -0.05) is 91.0 Å². The van der Waals surface area contributed by atoms with Gasteiger partial charge in [0.05, 0.1) is 12.1 Å². The molecular weight excluding hydrogens is 488 g/mol. The number of rotatable bonds is 10. The normalized spacial score (nSPS) is 15.6. The molecular formula is C32H38N4O3. The summed E-state index contributed by atoms with van der Waals surface area (Å²) in [7, 11) is 1.77. The van der Waals surface area contributed by atoms with E-state index in [0.29, 0.717) is 38.9 Å². The molecule has 0 aliphatic carbocycles. The fraction of sp³-hybridized carbons (Fsp3) is 0.344. The summed E-state index contributed by atoms with van der Waals surface area (Å²) in [5, 5.41) is 6.20. The molecule has 1 fully saturated rings. The number of likely N-dealkylation sites (N-methyl/N-ethyl adjacent to an activating group) is 1. The molecule has 0 radical (unpaired) electrons. The Labute approximate surface area is 231 Å². The van der Waals surface area contributed by atoms with Crippen LogP contribution in [0.3, 0.4) is 0 Å². The average Bonchev–Trinajstić information content (AvgIpc) is 2.94. The highest BCUT2D eigenvalue weighted by Crippen LogP contribution is 2.33.